The van der Waals surface area contributed by atoms with Gasteiger partial charge in [-0.25, -0.2) is 19.7 Å². The van der Waals surface area contributed by atoms with Crippen LogP contribution >= 0.6 is 0 Å². The number of amides is 1. The van der Waals surface area contributed by atoms with E-state index in [9.17, 15) is 10.1 Å². The van der Waals surface area contributed by atoms with E-state index in [1.165, 1.54) is 0 Å². The zero-order valence-corrected chi connectivity index (χ0v) is 21.4. The molecule has 5 rings (SSSR count). The number of piperazine rings is 1. The first-order valence-corrected chi connectivity index (χ1v) is 12.5. The Bertz CT molecular complexity index is 1180. The molecule has 1 amide bonds. The second kappa shape index (κ2) is 9.21. The number of anilines is 3. The molecule has 0 bridgehead atoms. The highest BCUT2D eigenvalue weighted by molar-refractivity contribution is 5.75. The molecule has 2 aromatic rings. The highest BCUT2D eigenvalue weighted by Gasteiger charge is 2.51. The SMILES string of the molecule is COCC1CN(c2ncnc3c2C2(CCC2)CN3c2cc(C#N)ccn2)CCN1C(=O)OC(C)(C)C. The van der Waals surface area contributed by atoms with E-state index in [0.29, 0.717) is 31.8 Å². The van der Waals surface area contributed by atoms with Crippen LogP contribution in [0.15, 0.2) is 24.7 Å². The number of carbonyl (C=O) groups excluding carboxylic acids is 1. The van der Waals surface area contributed by atoms with Crippen molar-refractivity contribution in [3.8, 4) is 6.07 Å². The maximum absolute atomic E-state index is 12.9. The van der Waals surface area contributed by atoms with Crippen LogP contribution in [0.25, 0.3) is 0 Å². The molecule has 0 aromatic carbocycles. The number of fused-ring (bicyclic) bond motifs is 2. The van der Waals surface area contributed by atoms with Crippen LogP contribution in [0.2, 0.25) is 0 Å². The van der Waals surface area contributed by atoms with Gasteiger partial charge < -0.3 is 19.3 Å². The first kappa shape index (κ1) is 24.3. The van der Waals surface area contributed by atoms with Crippen LogP contribution in [-0.4, -0.2) is 77.5 Å². The van der Waals surface area contributed by atoms with Gasteiger partial charge in [0.2, 0.25) is 0 Å². The minimum atomic E-state index is -0.559. The van der Waals surface area contributed by atoms with Gasteiger partial charge in [-0.2, -0.15) is 5.26 Å². The van der Waals surface area contributed by atoms with E-state index < -0.39 is 5.60 Å². The van der Waals surface area contributed by atoms with Gasteiger partial charge in [0, 0.05) is 50.5 Å². The molecule has 1 atom stereocenters. The molecule has 1 aliphatic carbocycles. The molecule has 1 unspecified atom stereocenters. The van der Waals surface area contributed by atoms with Gasteiger partial charge in [-0.15, -0.1) is 0 Å². The van der Waals surface area contributed by atoms with Gasteiger partial charge in [0.25, 0.3) is 0 Å². The van der Waals surface area contributed by atoms with Gasteiger partial charge in [0.15, 0.2) is 0 Å². The lowest BCUT2D eigenvalue weighted by Gasteiger charge is -2.44. The van der Waals surface area contributed by atoms with E-state index in [-0.39, 0.29) is 17.6 Å². The average molecular weight is 492 g/mol. The average Bonchev–Trinajstić information content (AvgIpc) is 3.20. The van der Waals surface area contributed by atoms with Crippen LogP contribution in [0.3, 0.4) is 0 Å². The van der Waals surface area contributed by atoms with E-state index in [2.05, 4.69) is 20.9 Å². The van der Waals surface area contributed by atoms with Crippen molar-refractivity contribution < 1.29 is 14.3 Å². The van der Waals surface area contributed by atoms with Crippen LogP contribution in [0.4, 0.5) is 22.2 Å². The van der Waals surface area contributed by atoms with Crippen LogP contribution in [0.5, 0.6) is 0 Å². The molecule has 4 heterocycles. The van der Waals surface area contributed by atoms with Gasteiger partial charge in [-0.05, 0) is 45.7 Å². The summed E-state index contributed by atoms with van der Waals surface area (Å²) in [6, 6.07) is 5.58. The summed E-state index contributed by atoms with van der Waals surface area (Å²) in [7, 11) is 1.65. The van der Waals surface area contributed by atoms with Crippen molar-refractivity contribution in [3.63, 3.8) is 0 Å². The van der Waals surface area contributed by atoms with Crippen molar-refractivity contribution in [1.82, 2.24) is 19.9 Å². The summed E-state index contributed by atoms with van der Waals surface area (Å²) in [5.41, 5.74) is 1.14. The maximum atomic E-state index is 12.9. The highest BCUT2D eigenvalue weighted by Crippen LogP contribution is 2.56. The fraction of sp³-hybridized carbons (Fsp3) is 0.577. The highest BCUT2D eigenvalue weighted by atomic mass is 16.6. The summed E-state index contributed by atoms with van der Waals surface area (Å²) in [5, 5.41) is 9.39. The Kier molecular flexibility index (Phi) is 6.20. The van der Waals surface area contributed by atoms with Crippen molar-refractivity contribution in [2.24, 2.45) is 0 Å². The van der Waals surface area contributed by atoms with Crippen molar-refractivity contribution in [2.45, 2.75) is 57.1 Å². The Morgan fingerprint density at radius 3 is 2.67 bits per heavy atom. The molecular weight excluding hydrogens is 458 g/mol. The lowest BCUT2D eigenvalue weighted by molar-refractivity contribution is 0.00334. The first-order valence-electron chi connectivity index (χ1n) is 12.5. The van der Waals surface area contributed by atoms with Crippen molar-refractivity contribution in [3.05, 3.63) is 35.8 Å². The smallest absolute Gasteiger partial charge is 0.410 e. The summed E-state index contributed by atoms with van der Waals surface area (Å²) in [4.78, 5) is 33.1. The topological polar surface area (TPSA) is 108 Å². The number of methoxy groups -OCH3 is 1. The van der Waals surface area contributed by atoms with Crippen LogP contribution in [-0.2, 0) is 14.9 Å². The fourth-order valence-corrected chi connectivity index (χ4v) is 5.52. The number of ether oxygens (including phenoxy) is 2. The quantitative estimate of drug-likeness (QED) is 0.636. The normalized spacial score (nSPS) is 20.6. The number of nitrogens with zero attached hydrogens (tertiary/aromatic N) is 7. The predicted octanol–water partition coefficient (Wildman–Crippen LogP) is 3.39. The third kappa shape index (κ3) is 4.32. The van der Waals surface area contributed by atoms with E-state index in [1.54, 1.807) is 30.6 Å². The summed E-state index contributed by atoms with van der Waals surface area (Å²) < 4.78 is 11.1. The maximum Gasteiger partial charge on any atom is 0.410 e. The van der Waals surface area contributed by atoms with Crippen molar-refractivity contribution in [2.75, 3.05) is 49.7 Å². The molecule has 36 heavy (non-hydrogen) atoms. The fourth-order valence-electron chi connectivity index (χ4n) is 5.52. The Labute approximate surface area is 211 Å². The standard InChI is InChI=1S/C26H33N7O3/c1-25(2,3)36-24(34)32-11-10-31(14-19(32)15-35-4)22-21-23(30-17-29-22)33(16-26(21)7-5-8-26)20-12-18(13-27)6-9-28-20/h6,9,12,17,19H,5,7-8,10-11,14-16H2,1-4H3. The number of carbonyl (C=O) groups is 1. The van der Waals surface area contributed by atoms with Crippen LogP contribution in [0.1, 0.15) is 51.2 Å². The van der Waals surface area contributed by atoms with E-state index in [0.717, 1.165) is 48.8 Å². The summed E-state index contributed by atoms with van der Waals surface area (Å²) in [6.07, 6.45) is 6.25. The molecule has 2 aliphatic heterocycles. The molecule has 10 heteroatoms. The zero-order valence-electron chi connectivity index (χ0n) is 21.4. The summed E-state index contributed by atoms with van der Waals surface area (Å²) >= 11 is 0. The Morgan fingerprint density at radius 2 is 2.00 bits per heavy atom. The number of hydrogen-bond donors (Lipinski definition) is 0. The summed E-state index contributed by atoms with van der Waals surface area (Å²) in [5.74, 6) is 2.51. The van der Waals surface area contributed by atoms with Crippen LogP contribution in [0, 0.1) is 11.3 Å². The largest absolute Gasteiger partial charge is 0.444 e. The molecule has 0 N–H and O–H groups in total. The Balaban J connectivity index is 1.47. The minimum absolute atomic E-state index is 0.0324. The van der Waals surface area contributed by atoms with E-state index in [4.69, 9.17) is 19.4 Å². The molecule has 190 valence electrons. The van der Waals surface area contributed by atoms with Gasteiger partial charge in [-0.1, -0.05) is 6.42 Å². The lowest BCUT2D eigenvalue weighted by atomic mass is 9.66. The van der Waals surface area contributed by atoms with E-state index in [1.807, 2.05) is 26.8 Å². The van der Waals surface area contributed by atoms with Gasteiger partial charge in [-0.3, -0.25) is 4.90 Å². The van der Waals surface area contributed by atoms with Gasteiger partial charge in [0.1, 0.15) is 29.4 Å². The molecule has 3 aliphatic rings. The second-order valence-electron chi connectivity index (χ2n) is 10.9. The van der Waals surface area contributed by atoms with Gasteiger partial charge in [0.05, 0.1) is 24.3 Å². The number of pyridine rings is 1. The molecule has 0 radical (unpaired) electrons. The second-order valence-corrected chi connectivity index (χ2v) is 10.9. The molecule has 1 spiro atoms. The molecule has 1 saturated heterocycles. The van der Waals surface area contributed by atoms with Gasteiger partial charge >= 0.3 is 6.09 Å². The zero-order chi connectivity index (χ0) is 25.5. The Hall–Kier alpha value is -3.45. The molecular formula is C26H33N7O3. The molecule has 1 saturated carbocycles. The predicted molar refractivity (Wildman–Crippen MR) is 134 cm³/mol. The van der Waals surface area contributed by atoms with Crippen molar-refractivity contribution >= 4 is 23.5 Å². The number of nitriles is 1. The number of rotatable bonds is 4. The third-order valence-electron chi connectivity index (χ3n) is 7.29. The minimum Gasteiger partial charge on any atom is -0.444 e. The molecule has 2 fully saturated rings. The molecule has 2 aromatic heterocycles. The number of aromatic nitrogens is 3. The van der Waals surface area contributed by atoms with Crippen LogP contribution < -0.4 is 9.80 Å². The third-order valence-corrected chi connectivity index (χ3v) is 7.29. The monoisotopic (exact) mass is 491 g/mol. The van der Waals surface area contributed by atoms with Crippen molar-refractivity contribution in [1.29, 1.82) is 5.26 Å². The lowest BCUT2D eigenvalue weighted by Crippen LogP contribution is -2.58. The molecule has 10 nitrogen and oxygen atoms in total. The number of hydrogen-bond acceptors (Lipinski definition) is 9. The Morgan fingerprint density at radius 1 is 1.22 bits per heavy atom. The summed E-state index contributed by atoms with van der Waals surface area (Å²) in [6.45, 7) is 8.56. The van der Waals surface area contributed by atoms with E-state index >= 15 is 0 Å². The first-order chi connectivity index (χ1) is 17.2.